The van der Waals surface area contributed by atoms with Crippen LogP contribution in [0.2, 0.25) is 0 Å². The summed E-state index contributed by atoms with van der Waals surface area (Å²) in [5.74, 6) is 0. The number of nitrogens with two attached hydrogens (primary N) is 1. The number of rotatable bonds is 7. The van der Waals surface area contributed by atoms with Crippen LogP contribution in [-0.4, -0.2) is 19.1 Å². The van der Waals surface area contributed by atoms with Crippen molar-refractivity contribution in [3.05, 3.63) is 11.6 Å². The van der Waals surface area contributed by atoms with Gasteiger partial charge in [-0.15, -0.1) is 0 Å². The molecule has 3 N–H and O–H groups in total. The van der Waals surface area contributed by atoms with Crippen LogP contribution in [0.5, 0.6) is 0 Å². The number of hydrogen-bond acceptors (Lipinski definition) is 2. The topological polar surface area (TPSA) is 38.0 Å². The predicted octanol–water partition coefficient (Wildman–Crippen LogP) is 2.20. The Bertz CT molecular complexity index is 175. The van der Waals surface area contributed by atoms with E-state index in [2.05, 4.69) is 18.3 Å². The molecule has 14 heavy (non-hydrogen) atoms. The number of nitrogens with one attached hydrogen (secondary N) is 1. The van der Waals surface area contributed by atoms with Gasteiger partial charge in [-0.25, -0.2) is 0 Å². The SMILES string of the molecule is CCCC(CN)NCCC1=CCCC1. The standard InChI is InChI=1S/C12H24N2/c1-2-5-12(10-13)14-9-8-11-6-3-4-7-11/h6,12,14H,2-5,7-10,13H2,1H3. The van der Waals surface area contributed by atoms with E-state index in [4.69, 9.17) is 5.73 Å². The van der Waals surface area contributed by atoms with Crippen LogP contribution in [0.3, 0.4) is 0 Å². The Kier molecular flexibility index (Phi) is 5.88. The molecule has 0 saturated heterocycles. The van der Waals surface area contributed by atoms with Crippen molar-refractivity contribution in [1.29, 1.82) is 0 Å². The van der Waals surface area contributed by atoms with E-state index in [1.54, 1.807) is 5.57 Å². The maximum Gasteiger partial charge on any atom is 0.0190 e. The average Bonchev–Trinajstić information content (AvgIpc) is 2.69. The van der Waals surface area contributed by atoms with Crippen LogP contribution in [0.25, 0.3) is 0 Å². The average molecular weight is 196 g/mol. The number of hydrogen-bond donors (Lipinski definition) is 2. The Hall–Kier alpha value is -0.340. The molecule has 0 aliphatic heterocycles. The number of allylic oxidation sites excluding steroid dienone is 1. The highest BCUT2D eigenvalue weighted by Crippen LogP contribution is 2.19. The Morgan fingerprint density at radius 2 is 2.43 bits per heavy atom. The zero-order chi connectivity index (χ0) is 10.2. The molecule has 2 nitrogen and oxygen atoms in total. The third-order valence-corrected chi connectivity index (χ3v) is 2.94. The molecule has 0 fully saturated rings. The van der Waals surface area contributed by atoms with E-state index in [0.29, 0.717) is 6.04 Å². The minimum atomic E-state index is 0.530. The molecule has 0 aromatic rings. The van der Waals surface area contributed by atoms with Crippen molar-refractivity contribution in [2.75, 3.05) is 13.1 Å². The third kappa shape index (κ3) is 4.25. The summed E-state index contributed by atoms with van der Waals surface area (Å²) in [5.41, 5.74) is 7.32. The van der Waals surface area contributed by atoms with E-state index in [0.717, 1.165) is 13.1 Å². The van der Waals surface area contributed by atoms with Crippen LogP contribution in [0.4, 0.5) is 0 Å². The molecular weight excluding hydrogens is 172 g/mol. The summed E-state index contributed by atoms with van der Waals surface area (Å²) in [6, 6.07) is 0.530. The van der Waals surface area contributed by atoms with Crippen molar-refractivity contribution < 1.29 is 0 Å². The first-order valence-corrected chi connectivity index (χ1v) is 5.98. The molecule has 0 aromatic carbocycles. The lowest BCUT2D eigenvalue weighted by atomic mass is 10.1. The zero-order valence-electron chi connectivity index (χ0n) is 9.39. The van der Waals surface area contributed by atoms with E-state index in [-0.39, 0.29) is 0 Å². The molecule has 0 spiro atoms. The minimum absolute atomic E-state index is 0.530. The van der Waals surface area contributed by atoms with Crippen LogP contribution in [0.1, 0.15) is 45.4 Å². The molecule has 1 unspecified atom stereocenters. The Morgan fingerprint density at radius 3 is 3.00 bits per heavy atom. The summed E-state index contributed by atoms with van der Waals surface area (Å²) < 4.78 is 0. The highest BCUT2D eigenvalue weighted by molar-refractivity contribution is 5.07. The van der Waals surface area contributed by atoms with Crippen molar-refractivity contribution in [3.63, 3.8) is 0 Å². The molecule has 1 rings (SSSR count). The van der Waals surface area contributed by atoms with E-state index in [1.165, 1.54) is 38.5 Å². The van der Waals surface area contributed by atoms with Gasteiger partial charge in [-0.1, -0.05) is 25.0 Å². The zero-order valence-corrected chi connectivity index (χ0v) is 9.39. The summed E-state index contributed by atoms with van der Waals surface area (Å²) in [4.78, 5) is 0. The maximum absolute atomic E-state index is 5.68. The van der Waals surface area contributed by atoms with Gasteiger partial charge in [0.05, 0.1) is 0 Å². The van der Waals surface area contributed by atoms with Crippen LogP contribution in [0.15, 0.2) is 11.6 Å². The van der Waals surface area contributed by atoms with E-state index in [1.807, 2.05) is 0 Å². The van der Waals surface area contributed by atoms with E-state index >= 15 is 0 Å². The maximum atomic E-state index is 5.68. The molecule has 2 heteroatoms. The molecule has 1 atom stereocenters. The first-order chi connectivity index (χ1) is 6.86. The summed E-state index contributed by atoms with van der Waals surface area (Å²) in [5, 5.41) is 3.53. The predicted molar refractivity (Wildman–Crippen MR) is 62.3 cm³/mol. The first kappa shape index (κ1) is 11.7. The summed E-state index contributed by atoms with van der Waals surface area (Å²) in [6.45, 7) is 4.09. The second-order valence-corrected chi connectivity index (χ2v) is 4.18. The Balaban J connectivity index is 2.06. The van der Waals surface area contributed by atoms with Gasteiger partial charge in [-0.05, 0) is 38.6 Å². The molecular formula is C12H24N2. The van der Waals surface area contributed by atoms with Gasteiger partial charge in [0.15, 0.2) is 0 Å². The van der Waals surface area contributed by atoms with Gasteiger partial charge in [0.2, 0.25) is 0 Å². The Morgan fingerprint density at radius 1 is 1.57 bits per heavy atom. The van der Waals surface area contributed by atoms with Gasteiger partial charge in [0, 0.05) is 12.6 Å². The normalized spacial score (nSPS) is 18.3. The second-order valence-electron chi connectivity index (χ2n) is 4.18. The molecule has 0 radical (unpaired) electrons. The molecule has 0 amide bonds. The summed E-state index contributed by atoms with van der Waals surface area (Å²) in [7, 11) is 0. The van der Waals surface area contributed by atoms with Crippen LogP contribution in [0, 0.1) is 0 Å². The largest absolute Gasteiger partial charge is 0.329 e. The van der Waals surface area contributed by atoms with Gasteiger partial charge >= 0.3 is 0 Å². The lowest BCUT2D eigenvalue weighted by molar-refractivity contribution is 0.484. The van der Waals surface area contributed by atoms with E-state index < -0.39 is 0 Å². The fourth-order valence-electron chi connectivity index (χ4n) is 2.05. The third-order valence-electron chi connectivity index (χ3n) is 2.94. The highest BCUT2D eigenvalue weighted by Gasteiger charge is 2.06. The molecule has 0 heterocycles. The second kappa shape index (κ2) is 7.02. The van der Waals surface area contributed by atoms with Crippen molar-refractivity contribution in [1.82, 2.24) is 5.32 Å². The van der Waals surface area contributed by atoms with E-state index in [9.17, 15) is 0 Å². The lowest BCUT2D eigenvalue weighted by Gasteiger charge is -2.15. The van der Waals surface area contributed by atoms with Gasteiger partial charge in [-0.2, -0.15) is 0 Å². The fraction of sp³-hybridized carbons (Fsp3) is 0.833. The molecule has 0 saturated carbocycles. The monoisotopic (exact) mass is 196 g/mol. The highest BCUT2D eigenvalue weighted by atomic mass is 14.9. The van der Waals surface area contributed by atoms with Crippen molar-refractivity contribution >= 4 is 0 Å². The van der Waals surface area contributed by atoms with Crippen LogP contribution < -0.4 is 11.1 Å². The van der Waals surface area contributed by atoms with Gasteiger partial charge in [0.1, 0.15) is 0 Å². The Labute approximate surface area is 87.9 Å². The molecule has 0 aromatic heterocycles. The molecule has 1 aliphatic rings. The van der Waals surface area contributed by atoms with Gasteiger partial charge < -0.3 is 11.1 Å². The van der Waals surface area contributed by atoms with Gasteiger partial charge in [-0.3, -0.25) is 0 Å². The smallest absolute Gasteiger partial charge is 0.0190 e. The fourth-order valence-corrected chi connectivity index (χ4v) is 2.05. The summed E-state index contributed by atoms with van der Waals surface area (Å²) in [6.07, 6.45) is 10.0. The van der Waals surface area contributed by atoms with Gasteiger partial charge in [0.25, 0.3) is 0 Å². The van der Waals surface area contributed by atoms with Crippen molar-refractivity contribution in [3.8, 4) is 0 Å². The quantitative estimate of drug-likeness (QED) is 0.613. The van der Waals surface area contributed by atoms with Crippen LogP contribution in [-0.2, 0) is 0 Å². The molecule has 1 aliphatic carbocycles. The van der Waals surface area contributed by atoms with Crippen molar-refractivity contribution in [2.24, 2.45) is 5.73 Å². The summed E-state index contributed by atoms with van der Waals surface area (Å²) >= 11 is 0. The van der Waals surface area contributed by atoms with Crippen LogP contribution >= 0.6 is 0 Å². The van der Waals surface area contributed by atoms with Crippen molar-refractivity contribution in [2.45, 2.75) is 51.5 Å². The molecule has 82 valence electrons. The molecule has 0 bridgehead atoms. The minimum Gasteiger partial charge on any atom is -0.329 e. The lowest BCUT2D eigenvalue weighted by Crippen LogP contribution is -2.36. The first-order valence-electron chi connectivity index (χ1n) is 5.98.